The minimum atomic E-state index is -1.09. The van der Waals surface area contributed by atoms with Gasteiger partial charge in [-0.15, -0.1) is 0 Å². The second-order valence-electron chi connectivity index (χ2n) is 5.82. The van der Waals surface area contributed by atoms with Crippen LogP contribution in [0.15, 0.2) is 41.5 Å². The Hall–Kier alpha value is -3.75. The van der Waals surface area contributed by atoms with E-state index in [1.165, 1.54) is 13.3 Å². The van der Waals surface area contributed by atoms with Gasteiger partial charge in [0.15, 0.2) is 29.6 Å². The number of ether oxygens (including phenoxy) is 4. The van der Waals surface area contributed by atoms with Crippen LogP contribution in [0.3, 0.4) is 0 Å². The van der Waals surface area contributed by atoms with Crippen LogP contribution >= 0.6 is 0 Å². The molecule has 0 aliphatic carbocycles. The number of hydrogen-bond acceptors (Lipinski definition) is 7. The fraction of sp³-hybridized carbons (Fsp3) is 0.286. The minimum absolute atomic E-state index is 0.307. The molecule has 0 saturated carbocycles. The first-order chi connectivity index (χ1) is 14.5. The summed E-state index contributed by atoms with van der Waals surface area (Å²) in [6.07, 6.45) is 1.44. The van der Waals surface area contributed by atoms with Crippen molar-refractivity contribution in [3.05, 3.63) is 47.5 Å². The summed E-state index contributed by atoms with van der Waals surface area (Å²) in [6, 6.07) is 9.71. The molecule has 1 amide bonds. The van der Waals surface area contributed by atoms with Crippen molar-refractivity contribution in [1.82, 2.24) is 5.43 Å². The maximum absolute atomic E-state index is 12.3. The van der Waals surface area contributed by atoms with Crippen molar-refractivity contribution in [3.8, 4) is 23.0 Å². The van der Waals surface area contributed by atoms with Crippen LogP contribution in [0.4, 0.5) is 0 Å². The molecule has 2 N–H and O–H groups in total. The van der Waals surface area contributed by atoms with Crippen molar-refractivity contribution in [2.24, 2.45) is 5.10 Å². The van der Waals surface area contributed by atoms with Gasteiger partial charge in [-0.1, -0.05) is 0 Å². The summed E-state index contributed by atoms with van der Waals surface area (Å²) >= 11 is 0. The normalized spacial score (nSPS) is 10.5. The molecule has 0 bridgehead atoms. The first-order valence-electron chi connectivity index (χ1n) is 9.24. The zero-order valence-electron chi connectivity index (χ0n) is 17.0. The molecule has 0 aromatic heterocycles. The number of carbonyl (C=O) groups is 2. The summed E-state index contributed by atoms with van der Waals surface area (Å²) in [6.45, 7) is 4.04. The maximum Gasteiger partial charge on any atom is 0.341 e. The van der Waals surface area contributed by atoms with E-state index in [0.29, 0.717) is 47.3 Å². The summed E-state index contributed by atoms with van der Waals surface area (Å²) in [5.41, 5.74) is 3.43. The molecule has 9 nitrogen and oxygen atoms in total. The number of hydrogen-bond donors (Lipinski definition) is 2. The first-order valence-corrected chi connectivity index (χ1v) is 9.24. The van der Waals surface area contributed by atoms with Gasteiger partial charge in [-0.3, -0.25) is 4.79 Å². The molecule has 2 rings (SSSR count). The lowest BCUT2D eigenvalue weighted by molar-refractivity contribution is -0.139. The molecule has 9 heteroatoms. The Morgan fingerprint density at radius 2 is 1.63 bits per heavy atom. The number of rotatable bonds is 11. The molecule has 0 saturated heterocycles. The Morgan fingerprint density at radius 1 is 0.967 bits per heavy atom. The smallest absolute Gasteiger partial charge is 0.341 e. The van der Waals surface area contributed by atoms with E-state index in [1.807, 2.05) is 6.92 Å². The summed E-state index contributed by atoms with van der Waals surface area (Å²) in [5, 5.41) is 12.7. The van der Waals surface area contributed by atoms with Gasteiger partial charge in [0.1, 0.15) is 0 Å². The molecule has 0 aliphatic rings. The van der Waals surface area contributed by atoms with Crippen LogP contribution in [0.25, 0.3) is 0 Å². The Kier molecular flexibility index (Phi) is 8.49. The molecule has 160 valence electrons. The Balaban J connectivity index is 2.07. The predicted molar refractivity (Wildman–Crippen MR) is 110 cm³/mol. The van der Waals surface area contributed by atoms with Crippen molar-refractivity contribution in [2.45, 2.75) is 13.8 Å². The third kappa shape index (κ3) is 6.40. The summed E-state index contributed by atoms with van der Waals surface area (Å²) in [5.74, 6) is 0.184. The standard InChI is InChI=1S/C21H24N2O7/c1-4-28-16-9-7-15(11-18(16)27-3)21(26)23-22-12-14-6-8-17(30-13-20(24)25)19(10-14)29-5-2/h6-12H,4-5,13H2,1-3H3,(H,23,26)(H,24,25)/b22-12+. The van der Waals surface area contributed by atoms with Crippen molar-refractivity contribution >= 4 is 18.1 Å². The van der Waals surface area contributed by atoms with E-state index in [-0.39, 0.29) is 0 Å². The highest BCUT2D eigenvalue weighted by molar-refractivity contribution is 5.95. The zero-order chi connectivity index (χ0) is 21.9. The summed E-state index contributed by atoms with van der Waals surface area (Å²) in [4.78, 5) is 23.0. The van der Waals surface area contributed by atoms with E-state index >= 15 is 0 Å². The van der Waals surface area contributed by atoms with Crippen LogP contribution in [0.5, 0.6) is 23.0 Å². The second-order valence-corrected chi connectivity index (χ2v) is 5.82. The van der Waals surface area contributed by atoms with Gasteiger partial charge in [0.25, 0.3) is 5.91 Å². The number of hydrazone groups is 1. The van der Waals surface area contributed by atoms with E-state index in [0.717, 1.165) is 0 Å². The van der Waals surface area contributed by atoms with Gasteiger partial charge in [0.05, 0.1) is 26.5 Å². The average molecular weight is 416 g/mol. The number of aliphatic carboxylic acids is 1. The summed E-state index contributed by atoms with van der Waals surface area (Å²) < 4.78 is 21.3. The highest BCUT2D eigenvalue weighted by Crippen LogP contribution is 2.29. The fourth-order valence-corrected chi connectivity index (χ4v) is 2.45. The Labute approximate surface area is 174 Å². The number of nitrogens with one attached hydrogen (secondary N) is 1. The molecule has 0 fully saturated rings. The lowest BCUT2D eigenvalue weighted by Crippen LogP contribution is -2.17. The molecule has 0 unspecified atom stereocenters. The van der Waals surface area contributed by atoms with E-state index in [2.05, 4.69) is 10.5 Å². The molecule has 2 aromatic carbocycles. The Morgan fingerprint density at radius 3 is 2.30 bits per heavy atom. The van der Waals surface area contributed by atoms with Crippen molar-refractivity contribution in [2.75, 3.05) is 26.9 Å². The number of carboxylic acids is 1. The molecule has 0 spiro atoms. The van der Waals surface area contributed by atoms with Gasteiger partial charge in [-0.2, -0.15) is 5.10 Å². The summed E-state index contributed by atoms with van der Waals surface area (Å²) in [7, 11) is 1.50. The van der Waals surface area contributed by atoms with E-state index in [9.17, 15) is 9.59 Å². The largest absolute Gasteiger partial charge is 0.493 e. The topological polar surface area (TPSA) is 116 Å². The second kappa shape index (κ2) is 11.3. The SMILES string of the molecule is CCOc1ccc(C(=O)N/N=C/c2ccc(OCC(=O)O)c(OCC)c2)cc1OC. The number of carbonyl (C=O) groups excluding carboxylic acids is 1. The van der Waals surface area contributed by atoms with Crippen LogP contribution in [0, 0.1) is 0 Å². The van der Waals surface area contributed by atoms with Crippen LogP contribution < -0.4 is 24.4 Å². The molecule has 2 aromatic rings. The number of nitrogens with zero attached hydrogens (tertiary/aromatic N) is 1. The third-order valence-corrected chi connectivity index (χ3v) is 3.72. The molecule has 0 aliphatic heterocycles. The minimum Gasteiger partial charge on any atom is -0.493 e. The predicted octanol–water partition coefficient (Wildman–Crippen LogP) is 2.72. The van der Waals surface area contributed by atoms with Gasteiger partial charge < -0.3 is 24.1 Å². The van der Waals surface area contributed by atoms with Crippen LogP contribution in [0.1, 0.15) is 29.8 Å². The molecule has 0 radical (unpaired) electrons. The van der Waals surface area contributed by atoms with Gasteiger partial charge in [0, 0.05) is 5.56 Å². The van der Waals surface area contributed by atoms with Crippen molar-refractivity contribution in [1.29, 1.82) is 0 Å². The van der Waals surface area contributed by atoms with Crippen LogP contribution in [0.2, 0.25) is 0 Å². The van der Waals surface area contributed by atoms with Gasteiger partial charge in [-0.05, 0) is 55.8 Å². The highest BCUT2D eigenvalue weighted by atomic mass is 16.5. The maximum atomic E-state index is 12.3. The van der Waals surface area contributed by atoms with E-state index < -0.39 is 18.5 Å². The third-order valence-electron chi connectivity index (χ3n) is 3.72. The van der Waals surface area contributed by atoms with Gasteiger partial charge in [-0.25, -0.2) is 10.2 Å². The van der Waals surface area contributed by atoms with Gasteiger partial charge in [0.2, 0.25) is 0 Å². The number of carboxylic acid groups (broad SMARTS) is 1. The van der Waals surface area contributed by atoms with Crippen LogP contribution in [-0.2, 0) is 4.79 Å². The molecular formula is C21H24N2O7. The quantitative estimate of drug-likeness (QED) is 0.427. The molecule has 30 heavy (non-hydrogen) atoms. The van der Waals surface area contributed by atoms with Crippen molar-refractivity contribution in [3.63, 3.8) is 0 Å². The van der Waals surface area contributed by atoms with E-state index in [1.54, 1.807) is 43.3 Å². The average Bonchev–Trinajstić information content (AvgIpc) is 2.73. The monoisotopic (exact) mass is 416 g/mol. The van der Waals surface area contributed by atoms with Crippen molar-refractivity contribution < 1.29 is 33.6 Å². The number of methoxy groups -OCH3 is 1. The van der Waals surface area contributed by atoms with E-state index in [4.69, 9.17) is 24.1 Å². The molecule has 0 atom stereocenters. The van der Waals surface area contributed by atoms with Crippen LogP contribution in [-0.4, -0.2) is 50.1 Å². The fourth-order valence-electron chi connectivity index (χ4n) is 2.45. The molecule has 0 heterocycles. The number of benzene rings is 2. The Bertz CT molecular complexity index is 912. The first kappa shape index (κ1) is 22.5. The molecular weight excluding hydrogens is 392 g/mol. The lowest BCUT2D eigenvalue weighted by atomic mass is 10.2. The number of amides is 1. The zero-order valence-corrected chi connectivity index (χ0v) is 17.0. The highest BCUT2D eigenvalue weighted by Gasteiger charge is 2.11. The van der Waals surface area contributed by atoms with Gasteiger partial charge >= 0.3 is 5.97 Å². The lowest BCUT2D eigenvalue weighted by Gasteiger charge is -2.11.